The van der Waals surface area contributed by atoms with Crippen molar-refractivity contribution < 1.29 is 19.0 Å². The average Bonchev–Trinajstić information content (AvgIpc) is 2.40. The van der Waals surface area contributed by atoms with Gasteiger partial charge in [0, 0.05) is 13.3 Å². The smallest absolute Gasteiger partial charge is 0.326 e. The van der Waals surface area contributed by atoms with Crippen molar-refractivity contribution in [2.24, 2.45) is 0 Å². The molecule has 1 rings (SSSR count). The molecule has 1 aromatic heterocycles. The number of nitrogens with zero attached hydrogens (tertiary/aromatic N) is 1. The lowest BCUT2D eigenvalue weighted by Gasteiger charge is -2.09. The zero-order valence-corrected chi connectivity index (χ0v) is 11.3. The van der Waals surface area contributed by atoms with Crippen LogP contribution in [0.4, 0.5) is 0 Å². The summed E-state index contributed by atoms with van der Waals surface area (Å²) in [5.41, 5.74) is -0.334. The lowest BCUT2D eigenvalue weighted by molar-refractivity contribution is -0.145. The summed E-state index contributed by atoms with van der Waals surface area (Å²) in [5, 5.41) is 0. The van der Waals surface area contributed by atoms with Crippen molar-refractivity contribution in [1.82, 2.24) is 4.57 Å². The highest BCUT2D eigenvalue weighted by Crippen LogP contribution is 2.02. The van der Waals surface area contributed by atoms with Crippen molar-refractivity contribution in [2.45, 2.75) is 19.9 Å². The number of aromatic nitrogens is 1. The second kappa shape index (κ2) is 8.31. The van der Waals surface area contributed by atoms with Crippen LogP contribution in [0.1, 0.15) is 13.3 Å². The molecule has 0 aliphatic rings. The van der Waals surface area contributed by atoms with Gasteiger partial charge in [0.05, 0.1) is 13.2 Å². The Kier molecular flexibility index (Phi) is 6.67. The van der Waals surface area contributed by atoms with E-state index in [1.165, 1.54) is 17.9 Å². The van der Waals surface area contributed by atoms with Crippen LogP contribution in [0.2, 0.25) is 0 Å². The third-order valence-electron chi connectivity index (χ3n) is 2.30. The molecule has 1 aromatic rings. The van der Waals surface area contributed by atoms with E-state index < -0.39 is 5.97 Å². The van der Waals surface area contributed by atoms with E-state index in [2.05, 4.69) is 0 Å². The van der Waals surface area contributed by atoms with E-state index in [1.807, 2.05) is 6.92 Å². The molecule has 1 heterocycles. The van der Waals surface area contributed by atoms with Gasteiger partial charge in [0.25, 0.3) is 5.56 Å². The van der Waals surface area contributed by atoms with E-state index in [1.54, 1.807) is 12.1 Å². The number of carbonyl (C=O) groups excluding carboxylic acids is 1. The van der Waals surface area contributed by atoms with E-state index in [0.29, 0.717) is 13.2 Å². The molecule has 0 fully saturated rings. The van der Waals surface area contributed by atoms with Crippen LogP contribution in [0.25, 0.3) is 0 Å². The predicted octanol–water partition coefficient (Wildman–Crippen LogP) is 0.827. The van der Waals surface area contributed by atoms with Gasteiger partial charge in [0.2, 0.25) is 0 Å². The molecule has 0 N–H and O–H groups in total. The largest absolute Gasteiger partial charge is 0.488 e. The summed E-state index contributed by atoms with van der Waals surface area (Å²) >= 11 is 0. The van der Waals surface area contributed by atoms with Gasteiger partial charge < -0.3 is 18.8 Å². The first-order valence-corrected chi connectivity index (χ1v) is 6.15. The topological polar surface area (TPSA) is 66.8 Å². The fourth-order valence-corrected chi connectivity index (χ4v) is 1.38. The molecule has 6 heteroatoms. The zero-order chi connectivity index (χ0) is 14.1. The van der Waals surface area contributed by atoms with Crippen LogP contribution in [-0.2, 0) is 20.8 Å². The number of ether oxygens (including phenoxy) is 3. The van der Waals surface area contributed by atoms with E-state index in [4.69, 9.17) is 14.2 Å². The highest BCUT2D eigenvalue weighted by atomic mass is 16.6. The van der Waals surface area contributed by atoms with Crippen molar-refractivity contribution in [3.63, 3.8) is 0 Å². The Hall–Kier alpha value is -1.82. The van der Waals surface area contributed by atoms with E-state index in [-0.39, 0.29) is 24.5 Å². The predicted molar refractivity (Wildman–Crippen MR) is 69.3 cm³/mol. The van der Waals surface area contributed by atoms with Crippen LogP contribution >= 0.6 is 0 Å². The van der Waals surface area contributed by atoms with Crippen LogP contribution in [0, 0.1) is 0 Å². The van der Waals surface area contributed by atoms with Crippen LogP contribution in [-0.4, -0.2) is 37.5 Å². The number of rotatable bonds is 8. The number of hydrogen-bond donors (Lipinski definition) is 0. The molecule has 0 amide bonds. The summed E-state index contributed by atoms with van der Waals surface area (Å²) in [6, 6.07) is 3.25. The first-order chi connectivity index (χ1) is 9.19. The lowest BCUT2D eigenvalue weighted by Crippen LogP contribution is -2.26. The van der Waals surface area contributed by atoms with Crippen molar-refractivity contribution in [3.05, 3.63) is 28.7 Å². The maximum Gasteiger partial charge on any atom is 0.326 e. The molecule has 0 aliphatic carbocycles. The second-order valence-corrected chi connectivity index (χ2v) is 3.87. The first kappa shape index (κ1) is 15.2. The van der Waals surface area contributed by atoms with Gasteiger partial charge in [-0.2, -0.15) is 0 Å². The average molecular weight is 269 g/mol. The second-order valence-electron chi connectivity index (χ2n) is 3.87. The SMILES string of the molecule is CCCOc1cccn(CC(=O)OCCOC)c1=O. The fourth-order valence-electron chi connectivity index (χ4n) is 1.38. The van der Waals surface area contributed by atoms with Gasteiger partial charge in [-0.15, -0.1) is 0 Å². The summed E-state index contributed by atoms with van der Waals surface area (Å²) in [7, 11) is 1.52. The number of pyridine rings is 1. The molecule has 0 atom stereocenters. The Labute approximate surface area is 111 Å². The molecule has 0 saturated heterocycles. The van der Waals surface area contributed by atoms with Gasteiger partial charge >= 0.3 is 5.97 Å². The Balaban J connectivity index is 2.63. The summed E-state index contributed by atoms with van der Waals surface area (Å²) in [4.78, 5) is 23.4. The minimum absolute atomic E-state index is 0.133. The molecule has 0 bridgehead atoms. The standard InChI is InChI=1S/C13H19NO5/c1-3-7-18-11-5-4-6-14(13(11)16)10-12(15)19-9-8-17-2/h4-6H,3,7-10H2,1-2H3. The Morgan fingerprint density at radius 3 is 2.79 bits per heavy atom. The fraction of sp³-hybridized carbons (Fsp3) is 0.538. The maximum atomic E-state index is 11.9. The van der Waals surface area contributed by atoms with Gasteiger partial charge in [-0.05, 0) is 18.6 Å². The van der Waals surface area contributed by atoms with Gasteiger partial charge in [-0.25, -0.2) is 0 Å². The van der Waals surface area contributed by atoms with Crippen LogP contribution in [0.3, 0.4) is 0 Å². The molecule has 0 saturated carbocycles. The number of hydrogen-bond acceptors (Lipinski definition) is 5. The normalized spacial score (nSPS) is 10.2. The Morgan fingerprint density at radius 1 is 1.32 bits per heavy atom. The zero-order valence-electron chi connectivity index (χ0n) is 11.3. The molecule has 6 nitrogen and oxygen atoms in total. The molecule has 19 heavy (non-hydrogen) atoms. The summed E-state index contributed by atoms with van der Waals surface area (Å²) in [5.74, 6) is -0.235. The molecule has 0 aliphatic heterocycles. The maximum absolute atomic E-state index is 11.9. The molecular formula is C13H19NO5. The van der Waals surface area contributed by atoms with E-state index >= 15 is 0 Å². The van der Waals surface area contributed by atoms with Gasteiger partial charge in [-0.3, -0.25) is 9.59 Å². The highest BCUT2D eigenvalue weighted by molar-refractivity contribution is 5.69. The minimum atomic E-state index is -0.480. The quantitative estimate of drug-likeness (QED) is 0.516. The Morgan fingerprint density at radius 2 is 2.11 bits per heavy atom. The monoisotopic (exact) mass is 269 g/mol. The summed E-state index contributed by atoms with van der Waals surface area (Å²) < 4.78 is 16.2. The molecule has 106 valence electrons. The lowest BCUT2D eigenvalue weighted by atomic mass is 10.4. The van der Waals surface area contributed by atoms with Crippen molar-refractivity contribution in [2.75, 3.05) is 26.9 Å². The third-order valence-corrected chi connectivity index (χ3v) is 2.30. The van der Waals surface area contributed by atoms with Crippen LogP contribution < -0.4 is 10.3 Å². The van der Waals surface area contributed by atoms with Gasteiger partial charge in [0.1, 0.15) is 13.2 Å². The first-order valence-electron chi connectivity index (χ1n) is 6.15. The summed E-state index contributed by atoms with van der Waals surface area (Å²) in [6.07, 6.45) is 2.34. The molecular weight excluding hydrogens is 250 g/mol. The minimum Gasteiger partial charge on any atom is -0.488 e. The van der Waals surface area contributed by atoms with Gasteiger partial charge in [-0.1, -0.05) is 6.92 Å². The van der Waals surface area contributed by atoms with Crippen molar-refractivity contribution in [1.29, 1.82) is 0 Å². The Bertz CT molecular complexity index is 455. The van der Waals surface area contributed by atoms with E-state index in [0.717, 1.165) is 6.42 Å². The van der Waals surface area contributed by atoms with Crippen molar-refractivity contribution in [3.8, 4) is 5.75 Å². The molecule has 0 radical (unpaired) electrons. The number of methoxy groups -OCH3 is 1. The van der Waals surface area contributed by atoms with Crippen LogP contribution in [0.15, 0.2) is 23.1 Å². The third kappa shape index (κ3) is 5.13. The molecule has 0 aromatic carbocycles. The van der Waals surface area contributed by atoms with Crippen molar-refractivity contribution >= 4 is 5.97 Å². The molecule has 0 spiro atoms. The number of esters is 1. The summed E-state index contributed by atoms with van der Waals surface area (Å²) in [6.45, 7) is 2.80. The molecule has 0 unspecified atom stereocenters. The van der Waals surface area contributed by atoms with Gasteiger partial charge in [0.15, 0.2) is 5.75 Å². The van der Waals surface area contributed by atoms with E-state index in [9.17, 15) is 9.59 Å². The number of carbonyl (C=O) groups is 1. The highest BCUT2D eigenvalue weighted by Gasteiger charge is 2.08. The van der Waals surface area contributed by atoms with Crippen LogP contribution in [0.5, 0.6) is 5.75 Å².